The molecule has 1 unspecified atom stereocenters. The number of hydrogen-bond acceptors (Lipinski definition) is 1. The molecule has 1 aliphatic rings. The summed E-state index contributed by atoms with van der Waals surface area (Å²) in [5, 5.41) is 3.68. The number of amides is 1. The number of carbonyl (C=O) groups excluding carboxylic acids is 1. The molecule has 1 aliphatic heterocycles. The van der Waals surface area contributed by atoms with E-state index in [1.807, 2.05) is 6.92 Å². The van der Waals surface area contributed by atoms with Gasteiger partial charge in [0, 0.05) is 20.4 Å². The van der Waals surface area contributed by atoms with Crippen molar-refractivity contribution in [3.05, 3.63) is 5.32 Å². The summed E-state index contributed by atoms with van der Waals surface area (Å²) in [6.45, 7) is 2.67. The van der Waals surface area contributed by atoms with E-state index < -0.39 is 0 Å². The minimum atomic E-state index is 0. The molecular weight excluding hydrogens is 276 g/mol. The van der Waals surface area contributed by atoms with Crippen LogP contribution in [0.15, 0.2) is 0 Å². The quantitative estimate of drug-likeness (QED) is 0.651. The topological polar surface area (TPSA) is 31.2 Å². The van der Waals surface area contributed by atoms with Gasteiger partial charge < -0.3 is 10.1 Å². The van der Waals surface area contributed by atoms with Crippen molar-refractivity contribution in [3.63, 3.8) is 0 Å². The van der Waals surface area contributed by atoms with Crippen LogP contribution in [0.5, 0.6) is 0 Å². The maximum Gasteiger partial charge on any atom is 0.0539 e. The summed E-state index contributed by atoms with van der Waals surface area (Å²) < 4.78 is 0. The Balaban J connectivity index is 0.000000490. The molecule has 1 rings (SSSR count). The van der Waals surface area contributed by atoms with Crippen LogP contribution in [0, 0.1) is 5.92 Å². The molecule has 3 heteroatoms. The normalized spacial score (nSPS) is 26.6. The second-order valence-electron chi connectivity index (χ2n) is 1.91. The van der Waals surface area contributed by atoms with Gasteiger partial charge in [0.2, 0.25) is 0 Å². The molecule has 0 aromatic carbocycles. The molecule has 0 aliphatic carbocycles. The van der Waals surface area contributed by atoms with Crippen LogP contribution in [0.2, 0.25) is 0 Å². The van der Waals surface area contributed by atoms with E-state index >= 15 is 0 Å². The first kappa shape index (κ1) is 8.13. The van der Waals surface area contributed by atoms with Crippen molar-refractivity contribution >= 4 is 5.91 Å². The smallest absolute Gasteiger partial charge is 0.0539 e. The first-order valence-electron chi connectivity index (χ1n) is 2.52. The van der Waals surface area contributed by atoms with E-state index in [0.717, 1.165) is 13.0 Å². The fourth-order valence-corrected chi connectivity index (χ4v) is 0.648. The Morgan fingerprint density at radius 1 is 1.75 bits per heavy atom. The third-order valence-electron chi connectivity index (χ3n) is 1.25. The number of hydrogen-bond donors (Lipinski definition) is 0. The van der Waals surface area contributed by atoms with Gasteiger partial charge in [0.25, 0.3) is 0 Å². The van der Waals surface area contributed by atoms with Gasteiger partial charge in [-0.1, -0.05) is 13.3 Å². The van der Waals surface area contributed by atoms with Crippen molar-refractivity contribution < 1.29 is 25.2 Å². The van der Waals surface area contributed by atoms with Crippen molar-refractivity contribution in [2.75, 3.05) is 6.54 Å². The van der Waals surface area contributed by atoms with E-state index in [1.54, 1.807) is 0 Å². The summed E-state index contributed by atoms with van der Waals surface area (Å²) in [4.78, 5) is 10.4. The predicted octanol–water partition coefficient (Wildman–Crippen LogP) is 0.924. The summed E-state index contributed by atoms with van der Waals surface area (Å²) in [6.07, 6.45) is 0.957. The Morgan fingerprint density at radius 3 is 2.50 bits per heavy atom. The zero-order valence-corrected chi connectivity index (χ0v) is 7.44. The van der Waals surface area contributed by atoms with Crippen LogP contribution in [0.4, 0.5) is 0 Å². The average molecular weight is 284 g/mol. The summed E-state index contributed by atoms with van der Waals surface area (Å²) in [5.41, 5.74) is 0. The van der Waals surface area contributed by atoms with Crippen LogP contribution in [0.25, 0.3) is 5.32 Å². The van der Waals surface area contributed by atoms with Gasteiger partial charge in [-0.25, -0.2) is 0 Å². The fourth-order valence-electron chi connectivity index (χ4n) is 0.648. The van der Waals surface area contributed by atoms with Crippen LogP contribution < -0.4 is 0 Å². The molecule has 0 bridgehead atoms. The summed E-state index contributed by atoms with van der Waals surface area (Å²) in [7, 11) is 0. The summed E-state index contributed by atoms with van der Waals surface area (Å²) in [6, 6.07) is 0. The number of carbonyl (C=O) groups is 1. The third-order valence-corrected chi connectivity index (χ3v) is 1.25. The molecule has 0 saturated carbocycles. The first-order chi connectivity index (χ1) is 3.30. The molecule has 8 heavy (non-hydrogen) atoms. The molecule has 1 fully saturated rings. The molecule has 1 saturated heterocycles. The molecule has 0 aromatic heterocycles. The largest absolute Gasteiger partial charge is 0.653 e. The van der Waals surface area contributed by atoms with Crippen molar-refractivity contribution in [3.8, 4) is 0 Å². The fraction of sp³-hybridized carbons (Fsp3) is 0.800. The van der Waals surface area contributed by atoms with Gasteiger partial charge >= 0.3 is 0 Å². The SMILES string of the molecule is CC1CC[N-]C1=O.[Re]. The molecule has 1 radical (unpaired) electrons. The van der Waals surface area contributed by atoms with E-state index in [2.05, 4.69) is 5.32 Å². The van der Waals surface area contributed by atoms with E-state index in [9.17, 15) is 4.79 Å². The van der Waals surface area contributed by atoms with Crippen molar-refractivity contribution in [1.82, 2.24) is 0 Å². The number of rotatable bonds is 0. The van der Waals surface area contributed by atoms with Crippen molar-refractivity contribution in [2.24, 2.45) is 5.92 Å². The van der Waals surface area contributed by atoms with E-state index in [1.165, 1.54) is 0 Å². The maximum atomic E-state index is 10.4. The minimum absolute atomic E-state index is 0. The molecule has 1 amide bonds. The van der Waals surface area contributed by atoms with Gasteiger partial charge in [-0.15, -0.1) is 6.54 Å². The molecule has 0 N–H and O–H groups in total. The molecule has 0 spiro atoms. The van der Waals surface area contributed by atoms with Crippen LogP contribution in [0.1, 0.15) is 13.3 Å². The van der Waals surface area contributed by atoms with Crippen LogP contribution in [-0.2, 0) is 25.2 Å². The van der Waals surface area contributed by atoms with Gasteiger partial charge in [0.15, 0.2) is 0 Å². The Morgan fingerprint density at radius 2 is 2.38 bits per heavy atom. The standard InChI is InChI=1S/C5H9NO.Re/c1-4-2-3-6-5(4)7;/h4H,2-3H2,1H3,(H,6,7);/p-1. The van der Waals surface area contributed by atoms with E-state index in [-0.39, 0.29) is 32.2 Å². The molecule has 1 heterocycles. The maximum absolute atomic E-state index is 10.4. The molecular formula is C5H8NORe-. The van der Waals surface area contributed by atoms with E-state index in [0.29, 0.717) is 0 Å². The predicted molar refractivity (Wildman–Crippen MR) is 27.0 cm³/mol. The van der Waals surface area contributed by atoms with Gasteiger partial charge in [-0.3, -0.25) is 0 Å². The first-order valence-corrected chi connectivity index (χ1v) is 2.52. The van der Waals surface area contributed by atoms with Crippen LogP contribution >= 0.6 is 0 Å². The Labute approximate surface area is 62.7 Å². The average Bonchev–Trinajstić information content (AvgIpc) is 1.91. The summed E-state index contributed by atoms with van der Waals surface area (Å²) in [5.74, 6) is 0.292. The Kier molecular flexibility index (Phi) is 3.27. The van der Waals surface area contributed by atoms with Gasteiger partial charge in [-0.05, 0) is 5.92 Å². The van der Waals surface area contributed by atoms with Gasteiger partial charge in [0.1, 0.15) is 0 Å². The van der Waals surface area contributed by atoms with Gasteiger partial charge in [-0.2, -0.15) is 0 Å². The Bertz CT molecular complexity index is 94.4. The second-order valence-corrected chi connectivity index (χ2v) is 1.91. The zero-order valence-electron chi connectivity index (χ0n) is 4.72. The third kappa shape index (κ3) is 1.57. The monoisotopic (exact) mass is 285 g/mol. The zero-order chi connectivity index (χ0) is 5.28. The molecule has 47 valence electrons. The molecule has 1 atom stereocenters. The van der Waals surface area contributed by atoms with E-state index in [4.69, 9.17) is 0 Å². The summed E-state index contributed by atoms with van der Waals surface area (Å²) >= 11 is 0. The second kappa shape index (κ2) is 3.22. The van der Waals surface area contributed by atoms with Crippen molar-refractivity contribution in [2.45, 2.75) is 13.3 Å². The number of nitrogens with zero attached hydrogens (tertiary/aromatic N) is 1. The molecule has 0 aromatic rings. The van der Waals surface area contributed by atoms with Crippen molar-refractivity contribution in [1.29, 1.82) is 0 Å². The van der Waals surface area contributed by atoms with Gasteiger partial charge in [0.05, 0.1) is 5.91 Å². The minimum Gasteiger partial charge on any atom is -0.653 e. The molecule has 2 nitrogen and oxygen atoms in total. The Hall–Kier alpha value is 0.132. The van der Waals surface area contributed by atoms with Crippen LogP contribution in [-0.4, -0.2) is 12.5 Å². The van der Waals surface area contributed by atoms with Crippen LogP contribution in [0.3, 0.4) is 0 Å².